The number of aliphatic hydroxyl groups is 1. The first-order valence-corrected chi connectivity index (χ1v) is 2.93. The molecule has 0 unspecified atom stereocenters. The Morgan fingerprint density at radius 2 is 2.12 bits per heavy atom. The summed E-state index contributed by atoms with van der Waals surface area (Å²) in [6.45, 7) is 1.84. The lowest BCUT2D eigenvalue weighted by atomic mass is 9.83. The van der Waals surface area contributed by atoms with E-state index in [1.54, 1.807) is 0 Å². The molecule has 0 heterocycles. The van der Waals surface area contributed by atoms with Crippen LogP contribution in [0.5, 0.6) is 0 Å². The molecule has 1 N–H and O–H groups in total. The van der Waals surface area contributed by atoms with Gasteiger partial charge < -0.3 is 5.11 Å². The molecule has 1 rings (SSSR count). The molecular formula is C7H10O. The van der Waals surface area contributed by atoms with E-state index in [0.29, 0.717) is 5.92 Å². The Balaban J connectivity index is 2.22. The zero-order chi connectivity index (χ0) is 5.98. The van der Waals surface area contributed by atoms with Crippen LogP contribution in [0.15, 0.2) is 0 Å². The summed E-state index contributed by atoms with van der Waals surface area (Å²) in [5, 5.41) is 8.78. The molecule has 1 fully saturated rings. The Hall–Kier alpha value is -0.480. The van der Waals surface area contributed by atoms with E-state index in [1.165, 1.54) is 0 Å². The van der Waals surface area contributed by atoms with Crippen molar-refractivity contribution in [1.82, 2.24) is 0 Å². The Morgan fingerprint density at radius 1 is 1.50 bits per heavy atom. The second-order valence-electron chi connectivity index (χ2n) is 2.22. The minimum Gasteiger partial charge on any atom is -0.393 e. The maximum atomic E-state index is 8.78. The fourth-order valence-corrected chi connectivity index (χ4v) is 0.910. The third-order valence-corrected chi connectivity index (χ3v) is 1.46. The van der Waals surface area contributed by atoms with Crippen LogP contribution < -0.4 is 0 Å². The van der Waals surface area contributed by atoms with Crippen LogP contribution in [0.1, 0.15) is 19.8 Å². The van der Waals surface area contributed by atoms with Crippen molar-refractivity contribution in [1.29, 1.82) is 0 Å². The molecule has 0 amide bonds. The van der Waals surface area contributed by atoms with Crippen LogP contribution >= 0.6 is 0 Å². The van der Waals surface area contributed by atoms with Crippen LogP contribution in [-0.4, -0.2) is 11.2 Å². The molecular weight excluding hydrogens is 100 g/mol. The van der Waals surface area contributed by atoms with Gasteiger partial charge in [-0.2, -0.15) is 0 Å². The summed E-state index contributed by atoms with van der Waals surface area (Å²) in [6.07, 6.45) is 1.72. The normalized spacial score (nSPS) is 34.8. The maximum Gasteiger partial charge on any atom is 0.0563 e. The second kappa shape index (κ2) is 2.19. The predicted molar refractivity (Wildman–Crippen MR) is 32.2 cm³/mol. The molecule has 0 radical (unpaired) electrons. The van der Waals surface area contributed by atoms with Crippen molar-refractivity contribution in [2.45, 2.75) is 25.9 Å². The van der Waals surface area contributed by atoms with Gasteiger partial charge in [0.25, 0.3) is 0 Å². The van der Waals surface area contributed by atoms with E-state index in [-0.39, 0.29) is 6.10 Å². The molecule has 0 bridgehead atoms. The minimum atomic E-state index is -0.0548. The summed E-state index contributed by atoms with van der Waals surface area (Å²) >= 11 is 0. The molecule has 1 saturated carbocycles. The quantitative estimate of drug-likeness (QED) is 0.457. The van der Waals surface area contributed by atoms with Crippen molar-refractivity contribution in [3.05, 3.63) is 0 Å². The van der Waals surface area contributed by atoms with Crippen LogP contribution in [0.25, 0.3) is 0 Å². The minimum absolute atomic E-state index is 0.0548. The molecule has 44 valence electrons. The van der Waals surface area contributed by atoms with Crippen molar-refractivity contribution in [2.75, 3.05) is 0 Å². The van der Waals surface area contributed by atoms with Gasteiger partial charge in [-0.15, -0.1) is 11.8 Å². The highest BCUT2D eigenvalue weighted by Gasteiger charge is 2.24. The van der Waals surface area contributed by atoms with Gasteiger partial charge in [-0.25, -0.2) is 0 Å². The van der Waals surface area contributed by atoms with E-state index >= 15 is 0 Å². The van der Waals surface area contributed by atoms with Crippen LogP contribution in [0.2, 0.25) is 0 Å². The smallest absolute Gasteiger partial charge is 0.0563 e. The second-order valence-corrected chi connectivity index (χ2v) is 2.22. The summed E-state index contributed by atoms with van der Waals surface area (Å²) in [7, 11) is 0. The van der Waals surface area contributed by atoms with Crippen LogP contribution in [-0.2, 0) is 0 Å². The molecule has 1 nitrogen and oxygen atoms in total. The molecule has 0 aliphatic heterocycles. The van der Waals surface area contributed by atoms with E-state index in [4.69, 9.17) is 5.11 Å². The average molecular weight is 110 g/mol. The zero-order valence-electron chi connectivity index (χ0n) is 5.02. The Morgan fingerprint density at radius 3 is 2.50 bits per heavy atom. The van der Waals surface area contributed by atoms with E-state index in [0.717, 1.165) is 12.8 Å². The van der Waals surface area contributed by atoms with Crippen molar-refractivity contribution < 1.29 is 5.11 Å². The topological polar surface area (TPSA) is 20.2 Å². The zero-order valence-corrected chi connectivity index (χ0v) is 5.02. The largest absolute Gasteiger partial charge is 0.393 e. The molecule has 0 aromatic heterocycles. The van der Waals surface area contributed by atoms with Gasteiger partial charge in [-0.3, -0.25) is 0 Å². The molecule has 1 aliphatic rings. The van der Waals surface area contributed by atoms with E-state index < -0.39 is 0 Å². The highest BCUT2D eigenvalue weighted by Crippen LogP contribution is 2.25. The van der Waals surface area contributed by atoms with Gasteiger partial charge in [0.15, 0.2) is 0 Å². The summed E-state index contributed by atoms with van der Waals surface area (Å²) in [5.41, 5.74) is 0. The first-order valence-electron chi connectivity index (χ1n) is 2.93. The van der Waals surface area contributed by atoms with Gasteiger partial charge >= 0.3 is 0 Å². The number of hydrogen-bond donors (Lipinski definition) is 1. The summed E-state index contributed by atoms with van der Waals surface area (Å²) < 4.78 is 0. The highest BCUT2D eigenvalue weighted by atomic mass is 16.3. The average Bonchev–Trinajstić information content (AvgIpc) is 1.64. The maximum absolute atomic E-state index is 8.78. The number of hydrogen-bond acceptors (Lipinski definition) is 1. The summed E-state index contributed by atoms with van der Waals surface area (Å²) in [4.78, 5) is 0. The first-order chi connectivity index (χ1) is 3.83. The summed E-state index contributed by atoms with van der Waals surface area (Å²) in [5.74, 6) is 6.33. The molecule has 8 heavy (non-hydrogen) atoms. The monoisotopic (exact) mass is 110 g/mol. The van der Waals surface area contributed by atoms with Gasteiger partial charge in [-0.1, -0.05) is 0 Å². The highest BCUT2D eigenvalue weighted by molar-refractivity contribution is 5.06. The van der Waals surface area contributed by atoms with Gasteiger partial charge in [0, 0.05) is 5.92 Å². The predicted octanol–water partition coefficient (Wildman–Crippen LogP) is 0.781. The van der Waals surface area contributed by atoms with Crippen LogP contribution in [0, 0.1) is 17.8 Å². The number of rotatable bonds is 0. The molecule has 1 heteroatoms. The molecule has 0 saturated heterocycles. The molecule has 0 spiro atoms. The van der Waals surface area contributed by atoms with Crippen molar-refractivity contribution in [2.24, 2.45) is 5.92 Å². The van der Waals surface area contributed by atoms with Gasteiger partial charge in [-0.05, 0) is 19.8 Å². The van der Waals surface area contributed by atoms with Crippen molar-refractivity contribution >= 4 is 0 Å². The van der Waals surface area contributed by atoms with Crippen molar-refractivity contribution in [3.63, 3.8) is 0 Å². The Bertz CT molecular complexity index is 123. The van der Waals surface area contributed by atoms with Gasteiger partial charge in [0.05, 0.1) is 6.10 Å². The van der Waals surface area contributed by atoms with E-state index in [2.05, 4.69) is 11.8 Å². The Kier molecular flexibility index (Phi) is 1.55. The SMILES string of the molecule is CC#CC1CC(O)C1. The fraction of sp³-hybridized carbons (Fsp3) is 0.714. The van der Waals surface area contributed by atoms with Gasteiger partial charge in [0.2, 0.25) is 0 Å². The molecule has 0 aromatic rings. The summed E-state index contributed by atoms with van der Waals surface area (Å²) in [6, 6.07) is 0. The van der Waals surface area contributed by atoms with Crippen LogP contribution in [0.3, 0.4) is 0 Å². The van der Waals surface area contributed by atoms with E-state index in [9.17, 15) is 0 Å². The molecule has 0 aromatic carbocycles. The molecule has 0 atom stereocenters. The lowest BCUT2D eigenvalue weighted by molar-refractivity contribution is 0.0665. The van der Waals surface area contributed by atoms with Crippen LogP contribution in [0.4, 0.5) is 0 Å². The standard InChI is InChI=1S/C7H10O/c1-2-3-6-4-7(8)5-6/h6-8H,4-5H2,1H3. The number of aliphatic hydroxyl groups excluding tert-OH is 1. The first kappa shape index (κ1) is 5.65. The molecule has 1 aliphatic carbocycles. The Labute approximate surface area is 49.7 Å². The third-order valence-electron chi connectivity index (χ3n) is 1.46. The van der Waals surface area contributed by atoms with E-state index in [1.807, 2.05) is 6.92 Å². The third kappa shape index (κ3) is 1.02. The lowest BCUT2D eigenvalue weighted by Gasteiger charge is -2.26. The van der Waals surface area contributed by atoms with Gasteiger partial charge in [0.1, 0.15) is 0 Å². The fourth-order valence-electron chi connectivity index (χ4n) is 0.910. The lowest BCUT2D eigenvalue weighted by Crippen LogP contribution is -2.26. The van der Waals surface area contributed by atoms with Crippen molar-refractivity contribution in [3.8, 4) is 11.8 Å².